The zero-order valence-electron chi connectivity index (χ0n) is 17.4. The first kappa shape index (κ1) is 23.2. The van der Waals surface area contributed by atoms with Crippen molar-refractivity contribution < 1.29 is 33.0 Å². The molecule has 0 aliphatic heterocycles. The van der Waals surface area contributed by atoms with E-state index in [2.05, 4.69) is 10.6 Å². The molecule has 0 heterocycles. The summed E-state index contributed by atoms with van der Waals surface area (Å²) in [6.45, 7) is 1.40. The molecule has 2 unspecified atom stereocenters. The van der Waals surface area contributed by atoms with Gasteiger partial charge in [-0.2, -0.15) is 0 Å². The number of amides is 2. The first-order valence-corrected chi connectivity index (χ1v) is 10.2. The normalized spacial score (nSPS) is 14.2. The maximum Gasteiger partial charge on any atom is 0.407 e. The van der Waals surface area contributed by atoms with Crippen molar-refractivity contribution in [1.29, 1.82) is 0 Å². The minimum atomic E-state index is -2.85. The van der Waals surface area contributed by atoms with Gasteiger partial charge in [0.25, 0.3) is 0 Å². The number of hydrogen-bond donors (Lipinski definition) is 3. The highest BCUT2D eigenvalue weighted by Crippen LogP contribution is 2.44. The van der Waals surface area contributed by atoms with E-state index in [0.29, 0.717) is 0 Å². The molecule has 3 N–H and O–H groups in total. The number of hydrogen-bond acceptors (Lipinski definition) is 4. The molecule has 170 valence electrons. The highest BCUT2D eigenvalue weighted by molar-refractivity contribution is 5.86. The van der Waals surface area contributed by atoms with E-state index in [0.717, 1.165) is 22.3 Å². The second-order valence-corrected chi connectivity index (χ2v) is 7.66. The van der Waals surface area contributed by atoms with Crippen LogP contribution in [-0.4, -0.2) is 48.2 Å². The lowest BCUT2D eigenvalue weighted by molar-refractivity contribution is -0.137. The van der Waals surface area contributed by atoms with Crippen molar-refractivity contribution in [3.05, 3.63) is 59.7 Å². The summed E-state index contributed by atoms with van der Waals surface area (Å²) < 4.78 is 31.2. The molecule has 1 aliphatic rings. The van der Waals surface area contributed by atoms with Crippen LogP contribution in [0.5, 0.6) is 0 Å². The summed E-state index contributed by atoms with van der Waals surface area (Å²) >= 11 is 0. The lowest BCUT2D eigenvalue weighted by Crippen LogP contribution is -2.50. The van der Waals surface area contributed by atoms with Crippen LogP contribution >= 0.6 is 0 Å². The molecule has 0 spiro atoms. The predicted octanol–water partition coefficient (Wildman–Crippen LogP) is 3.53. The van der Waals surface area contributed by atoms with Crippen molar-refractivity contribution in [2.45, 2.75) is 44.2 Å². The molecule has 3 rings (SSSR count). The zero-order chi connectivity index (χ0) is 23.3. The van der Waals surface area contributed by atoms with Crippen LogP contribution in [0.25, 0.3) is 11.1 Å². The number of carbonyl (C=O) groups is 3. The molecule has 0 saturated heterocycles. The maximum absolute atomic E-state index is 12.9. The molecule has 0 bridgehead atoms. The Morgan fingerprint density at radius 3 is 2.09 bits per heavy atom. The standard InChI is InChI=1S/C23H24F2N2O5/c1-13(10-21(28)29)26-22(30)19(11-20(24)25)27-23(31)32-12-18-16-8-4-2-6-14(16)15-7-3-5-9-17(15)18/h2-9,13,18-20H,10-12H2,1H3,(H,26,30)(H,27,31)(H,28,29). The van der Waals surface area contributed by atoms with Crippen LogP contribution in [0, 0.1) is 0 Å². The van der Waals surface area contributed by atoms with E-state index in [9.17, 15) is 23.2 Å². The van der Waals surface area contributed by atoms with Gasteiger partial charge in [-0.1, -0.05) is 48.5 Å². The molecule has 9 heteroatoms. The number of alkyl carbamates (subject to hydrolysis) is 1. The van der Waals surface area contributed by atoms with E-state index in [4.69, 9.17) is 9.84 Å². The molecular formula is C23H24F2N2O5. The predicted molar refractivity (Wildman–Crippen MR) is 112 cm³/mol. The smallest absolute Gasteiger partial charge is 0.407 e. The van der Waals surface area contributed by atoms with Gasteiger partial charge in [0.1, 0.15) is 12.6 Å². The molecule has 1 aliphatic carbocycles. The fourth-order valence-electron chi connectivity index (χ4n) is 3.85. The van der Waals surface area contributed by atoms with Crippen LogP contribution in [-0.2, 0) is 14.3 Å². The monoisotopic (exact) mass is 446 g/mol. The van der Waals surface area contributed by atoms with Crippen molar-refractivity contribution in [3.63, 3.8) is 0 Å². The van der Waals surface area contributed by atoms with Crippen molar-refractivity contribution >= 4 is 18.0 Å². The van der Waals surface area contributed by atoms with E-state index in [1.165, 1.54) is 6.92 Å². The van der Waals surface area contributed by atoms with Crippen LogP contribution in [0.3, 0.4) is 0 Å². The molecule has 0 radical (unpaired) electrons. The summed E-state index contributed by atoms with van der Waals surface area (Å²) in [5.41, 5.74) is 4.07. The topological polar surface area (TPSA) is 105 Å². The van der Waals surface area contributed by atoms with Crippen molar-refractivity contribution in [3.8, 4) is 11.1 Å². The van der Waals surface area contributed by atoms with Gasteiger partial charge in [-0.15, -0.1) is 0 Å². The number of rotatable bonds is 9. The number of carbonyl (C=O) groups excluding carboxylic acids is 2. The molecule has 0 aromatic heterocycles. The van der Waals surface area contributed by atoms with Gasteiger partial charge in [-0.25, -0.2) is 13.6 Å². The Kier molecular flexibility index (Phi) is 7.40. The van der Waals surface area contributed by atoms with Gasteiger partial charge in [-0.3, -0.25) is 9.59 Å². The van der Waals surface area contributed by atoms with Gasteiger partial charge < -0.3 is 20.5 Å². The highest BCUT2D eigenvalue weighted by Gasteiger charge is 2.30. The zero-order valence-corrected chi connectivity index (χ0v) is 17.4. The Hall–Kier alpha value is -3.49. The second kappa shape index (κ2) is 10.2. The number of benzene rings is 2. The Balaban J connectivity index is 1.64. The molecule has 0 saturated carbocycles. The van der Waals surface area contributed by atoms with Gasteiger partial charge in [0, 0.05) is 18.4 Å². The summed E-state index contributed by atoms with van der Waals surface area (Å²) in [5, 5.41) is 13.3. The molecule has 2 aromatic carbocycles. The van der Waals surface area contributed by atoms with E-state index in [1.54, 1.807) is 0 Å². The largest absolute Gasteiger partial charge is 0.481 e. The number of aliphatic carboxylic acids is 1. The number of halogens is 2. The summed E-state index contributed by atoms with van der Waals surface area (Å²) in [4.78, 5) is 35.4. The van der Waals surface area contributed by atoms with E-state index >= 15 is 0 Å². The Morgan fingerprint density at radius 1 is 1.00 bits per heavy atom. The SMILES string of the molecule is CC(CC(=O)O)NC(=O)C(CC(F)F)NC(=O)OCC1c2ccccc2-c2ccccc21. The average Bonchev–Trinajstić information content (AvgIpc) is 3.04. The number of carboxylic acid groups (broad SMARTS) is 1. The van der Waals surface area contributed by atoms with E-state index < -0.39 is 42.9 Å². The quantitative estimate of drug-likeness (QED) is 0.547. The van der Waals surface area contributed by atoms with E-state index in [1.807, 2.05) is 48.5 Å². The summed E-state index contributed by atoms with van der Waals surface area (Å²) in [6.07, 6.45) is -5.15. The third kappa shape index (κ3) is 5.60. The van der Waals surface area contributed by atoms with Gasteiger partial charge >= 0.3 is 12.1 Å². The molecule has 0 fully saturated rings. The number of ether oxygens (including phenoxy) is 1. The third-order valence-corrected chi connectivity index (χ3v) is 5.24. The first-order valence-electron chi connectivity index (χ1n) is 10.2. The van der Waals surface area contributed by atoms with Crippen LogP contribution in [0.2, 0.25) is 0 Å². The van der Waals surface area contributed by atoms with Crippen LogP contribution in [0.4, 0.5) is 13.6 Å². The Labute approximate surface area is 183 Å². The summed E-state index contributed by atoms with van der Waals surface area (Å²) in [7, 11) is 0. The molecular weight excluding hydrogens is 422 g/mol. The Morgan fingerprint density at radius 2 is 1.56 bits per heavy atom. The van der Waals surface area contributed by atoms with Crippen molar-refractivity contribution in [2.24, 2.45) is 0 Å². The van der Waals surface area contributed by atoms with Crippen LogP contribution in [0.15, 0.2) is 48.5 Å². The van der Waals surface area contributed by atoms with Crippen molar-refractivity contribution in [1.82, 2.24) is 10.6 Å². The van der Waals surface area contributed by atoms with E-state index in [-0.39, 0.29) is 18.9 Å². The number of carboxylic acids is 1. The highest BCUT2D eigenvalue weighted by atomic mass is 19.3. The minimum Gasteiger partial charge on any atom is -0.481 e. The van der Waals surface area contributed by atoms with Crippen LogP contribution in [0.1, 0.15) is 36.8 Å². The maximum atomic E-state index is 12.9. The average molecular weight is 446 g/mol. The second-order valence-electron chi connectivity index (χ2n) is 7.66. The first-order chi connectivity index (χ1) is 15.3. The van der Waals surface area contributed by atoms with Gasteiger partial charge in [-0.05, 0) is 29.2 Å². The van der Waals surface area contributed by atoms with Gasteiger partial charge in [0.15, 0.2) is 0 Å². The van der Waals surface area contributed by atoms with Gasteiger partial charge in [0.05, 0.1) is 6.42 Å². The minimum absolute atomic E-state index is 0.0295. The van der Waals surface area contributed by atoms with Crippen LogP contribution < -0.4 is 10.6 Å². The molecule has 32 heavy (non-hydrogen) atoms. The summed E-state index contributed by atoms with van der Waals surface area (Å²) in [6, 6.07) is 13.1. The fraction of sp³-hybridized carbons (Fsp3) is 0.348. The molecule has 2 atom stereocenters. The third-order valence-electron chi connectivity index (χ3n) is 5.24. The molecule has 2 amide bonds. The number of alkyl halides is 2. The van der Waals surface area contributed by atoms with Crippen molar-refractivity contribution in [2.75, 3.05) is 6.61 Å². The lowest BCUT2D eigenvalue weighted by Gasteiger charge is -2.21. The Bertz CT molecular complexity index is 952. The fourth-order valence-corrected chi connectivity index (χ4v) is 3.85. The molecule has 7 nitrogen and oxygen atoms in total. The number of fused-ring (bicyclic) bond motifs is 3. The number of nitrogens with one attached hydrogen (secondary N) is 2. The molecule has 2 aromatic rings. The van der Waals surface area contributed by atoms with Gasteiger partial charge in [0.2, 0.25) is 12.3 Å². The summed E-state index contributed by atoms with van der Waals surface area (Å²) in [5.74, 6) is -2.26. The lowest BCUT2D eigenvalue weighted by atomic mass is 9.98.